The van der Waals surface area contributed by atoms with Crippen molar-refractivity contribution in [1.82, 2.24) is 5.32 Å². The third kappa shape index (κ3) is 5.35. The second-order valence-corrected chi connectivity index (χ2v) is 7.50. The number of primary amides is 1. The van der Waals surface area contributed by atoms with Crippen LogP contribution in [0.3, 0.4) is 0 Å². The molecular weight excluding hydrogens is 389 g/mol. The molecule has 0 aliphatic rings. The molecular formula is C15H13Cl2N3O4S. The highest BCUT2D eigenvalue weighted by atomic mass is 35.5. The van der Waals surface area contributed by atoms with Gasteiger partial charge >= 0.3 is 0 Å². The monoisotopic (exact) mass is 401 g/mol. The second-order valence-electron chi connectivity index (χ2n) is 4.94. The first-order chi connectivity index (χ1) is 11.7. The lowest BCUT2D eigenvalue weighted by molar-refractivity contribution is -0.117. The number of halogens is 2. The Labute approximate surface area is 154 Å². The zero-order valence-corrected chi connectivity index (χ0v) is 15.0. The Hall–Kier alpha value is -2.29. The van der Waals surface area contributed by atoms with Crippen molar-refractivity contribution in [2.24, 2.45) is 5.73 Å². The molecule has 0 fully saturated rings. The number of nitrogens with one attached hydrogen (secondary N) is 2. The van der Waals surface area contributed by atoms with Crippen molar-refractivity contribution in [1.29, 1.82) is 0 Å². The van der Waals surface area contributed by atoms with Crippen molar-refractivity contribution in [2.75, 3.05) is 11.3 Å². The molecule has 10 heteroatoms. The van der Waals surface area contributed by atoms with E-state index in [0.29, 0.717) is 0 Å². The zero-order valence-electron chi connectivity index (χ0n) is 12.6. The van der Waals surface area contributed by atoms with Crippen LogP contribution in [0.1, 0.15) is 10.4 Å². The molecule has 7 nitrogen and oxygen atoms in total. The zero-order chi connectivity index (χ0) is 18.6. The molecule has 0 saturated carbocycles. The fraction of sp³-hybridized carbons (Fsp3) is 0.0667. The normalized spacial score (nSPS) is 11.0. The number of carbonyl (C=O) groups is 2. The lowest BCUT2D eigenvalue weighted by atomic mass is 10.2. The molecule has 2 aromatic carbocycles. The van der Waals surface area contributed by atoms with Crippen LogP contribution in [0.15, 0.2) is 47.4 Å². The Morgan fingerprint density at radius 2 is 1.68 bits per heavy atom. The van der Waals surface area contributed by atoms with Gasteiger partial charge in [0, 0.05) is 21.3 Å². The van der Waals surface area contributed by atoms with E-state index in [2.05, 4.69) is 10.0 Å². The Morgan fingerprint density at radius 1 is 1.04 bits per heavy atom. The Morgan fingerprint density at radius 3 is 2.28 bits per heavy atom. The summed E-state index contributed by atoms with van der Waals surface area (Å²) in [6.45, 7) is -0.324. The quantitative estimate of drug-likeness (QED) is 0.685. The molecule has 2 aromatic rings. The number of anilines is 1. The van der Waals surface area contributed by atoms with E-state index >= 15 is 0 Å². The van der Waals surface area contributed by atoms with Crippen molar-refractivity contribution in [3.63, 3.8) is 0 Å². The third-order valence-corrected chi connectivity index (χ3v) is 4.74. The van der Waals surface area contributed by atoms with E-state index in [1.54, 1.807) is 0 Å². The lowest BCUT2D eigenvalue weighted by Gasteiger charge is -2.10. The average Bonchev–Trinajstić information content (AvgIpc) is 2.51. The summed E-state index contributed by atoms with van der Waals surface area (Å²) in [6, 6.07) is 9.64. The second kappa shape index (κ2) is 7.73. The summed E-state index contributed by atoms with van der Waals surface area (Å²) in [5.74, 6) is -1.26. The van der Waals surface area contributed by atoms with Gasteiger partial charge in [0.05, 0.1) is 11.4 Å². The van der Waals surface area contributed by atoms with Gasteiger partial charge in [0.25, 0.3) is 15.9 Å². The maximum absolute atomic E-state index is 12.4. The molecule has 0 atom stereocenters. The highest BCUT2D eigenvalue weighted by Crippen LogP contribution is 2.24. The third-order valence-electron chi connectivity index (χ3n) is 2.95. The van der Waals surface area contributed by atoms with E-state index in [0.717, 1.165) is 0 Å². The molecule has 2 amide bonds. The van der Waals surface area contributed by atoms with Crippen LogP contribution in [0.5, 0.6) is 0 Å². The minimum atomic E-state index is -3.95. The molecule has 2 rings (SSSR count). The van der Waals surface area contributed by atoms with Gasteiger partial charge < -0.3 is 11.1 Å². The molecule has 0 unspecified atom stereocenters. The van der Waals surface area contributed by atoms with E-state index in [-0.39, 0.29) is 32.7 Å². The summed E-state index contributed by atoms with van der Waals surface area (Å²) in [4.78, 5) is 22.5. The number of carbonyl (C=O) groups excluding carboxylic acids is 2. The maximum Gasteiger partial charge on any atom is 0.261 e. The standard InChI is InChI=1S/C15H13Cl2N3O4S/c16-10-5-11(17)7-13(6-10)25(23,24)20-12-3-1-2-9(4-12)15(22)19-8-14(18)21/h1-7,20H,8H2,(H2,18,21)(H,19,22). The Bertz CT molecular complexity index is 912. The van der Waals surface area contributed by atoms with E-state index in [9.17, 15) is 18.0 Å². The summed E-state index contributed by atoms with van der Waals surface area (Å²) in [5, 5.41) is 2.66. The lowest BCUT2D eigenvalue weighted by Crippen LogP contribution is -2.33. The van der Waals surface area contributed by atoms with E-state index in [1.807, 2.05) is 0 Å². The van der Waals surface area contributed by atoms with Crippen molar-refractivity contribution in [3.8, 4) is 0 Å². The minimum Gasteiger partial charge on any atom is -0.368 e. The van der Waals surface area contributed by atoms with Crippen LogP contribution in [0, 0.1) is 0 Å². The highest BCUT2D eigenvalue weighted by Gasteiger charge is 2.17. The number of hydrogen-bond acceptors (Lipinski definition) is 4. The molecule has 0 aliphatic heterocycles. The summed E-state index contributed by atoms with van der Waals surface area (Å²) >= 11 is 11.6. The summed E-state index contributed by atoms with van der Waals surface area (Å²) in [6.07, 6.45) is 0. The van der Waals surface area contributed by atoms with E-state index in [1.165, 1.54) is 42.5 Å². The van der Waals surface area contributed by atoms with Crippen LogP contribution < -0.4 is 15.8 Å². The van der Waals surface area contributed by atoms with Gasteiger partial charge in [-0.1, -0.05) is 29.3 Å². The molecule has 0 heterocycles. The number of rotatable bonds is 6. The number of benzene rings is 2. The first-order valence-electron chi connectivity index (χ1n) is 6.83. The largest absolute Gasteiger partial charge is 0.368 e. The van der Waals surface area contributed by atoms with Gasteiger partial charge in [0.1, 0.15) is 0 Å². The predicted octanol–water partition coefficient (Wildman–Crippen LogP) is 2.01. The SMILES string of the molecule is NC(=O)CNC(=O)c1cccc(NS(=O)(=O)c2cc(Cl)cc(Cl)c2)c1. The molecule has 25 heavy (non-hydrogen) atoms. The summed E-state index contributed by atoms with van der Waals surface area (Å²) in [7, 11) is -3.95. The molecule has 0 bridgehead atoms. The van der Waals surface area contributed by atoms with Gasteiger partial charge in [0.2, 0.25) is 5.91 Å². The molecule has 0 saturated heterocycles. The Balaban J connectivity index is 2.23. The van der Waals surface area contributed by atoms with Gasteiger partial charge in [-0.25, -0.2) is 8.42 Å². The Kier molecular flexibility index (Phi) is 5.89. The van der Waals surface area contributed by atoms with Crippen LogP contribution in [-0.4, -0.2) is 26.8 Å². The average molecular weight is 402 g/mol. The minimum absolute atomic E-state index is 0.117. The molecule has 0 radical (unpaired) electrons. The summed E-state index contributed by atoms with van der Waals surface area (Å²) in [5.41, 5.74) is 5.27. The van der Waals surface area contributed by atoms with E-state index < -0.39 is 21.8 Å². The molecule has 4 N–H and O–H groups in total. The van der Waals surface area contributed by atoms with Crippen LogP contribution in [0.25, 0.3) is 0 Å². The maximum atomic E-state index is 12.4. The van der Waals surface area contributed by atoms with Crippen LogP contribution in [0.4, 0.5) is 5.69 Å². The van der Waals surface area contributed by atoms with Crippen molar-refractivity contribution < 1.29 is 18.0 Å². The number of hydrogen-bond donors (Lipinski definition) is 3. The first kappa shape index (κ1) is 19.0. The van der Waals surface area contributed by atoms with Crippen LogP contribution in [0.2, 0.25) is 10.0 Å². The highest BCUT2D eigenvalue weighted by molar-refractivity contribution is 7.92. The molecule has 0 aliphatic carbocycles. The van der Waals surface area contributed by atoms with Crippen molar-refractivity contribution in [2.45, 2.75) is 4.90 Å². The number of sulfonamides is 1. The predicted molar refractivity (Wildman–Crippen MR) is 95.2 cm³/mol. The van der Waals surface area contributed by atoms with Gasteiger partial charge in [-0.05, 0) is 36.4 Å². The van der Waals surface area contributed by atoms with Gasteiger partial charge in [-0.15, -0.1) is 0 Å². The first-order valence-corrected chi connectivity index (χ1v) is 9.07. The summed E-state index contributed by atoms with van der Waals surface area (Å²) < 4.78 is 27.2. The number of amides is 2. The van der Waals surface area contributed by atoms with Crippen molar-refractivity contribution >= 4 is 50.7 Å². The van der Waals surface area contributed by atoms with E-state index in [4.69, 9.17) is 28.9 Å². The fourth-order valence-corrected chi connectivity index (χ4v) is 3.67. The van der Waals surface area contributed by atoms with Crippen LogP contribution >= 0.6 is 23.2 Å². The molecule has 132 valence electrons. The molecule has 0 aromatic heterocycles. The van der Waals surface area contributed by atoms with Crippen LogP contribution in [-0.2, 0) is 14.8 Å². The smallest absolute Gasteiger partial charge is 0.261 e. The number of nitrogens with two attached hydrogens (primary N) is 1. The van der Waals surface area contributed by atoms with Gasteiger partial charge in [-0.3, -0.25) is 14.3 Å². The fourth-order valence-electron chi connectivity index (χ4n) is 1.89. The van der Waals surface area contributed by atoms with Gasteiger partial charge in [-0.2, -0.15) is 0 Å². The van der Waals surface area contributed by atoms with Crippen molar-refractivity contribution in [3.05, 3.63) is 58.1 Å². The topological polar surface area (TPSA) is 118 Å². The molecule has 0 spiro atoms. The van der Waals surface area contributed by atoms with Gasteiger partial charge in [0.15, 0.2) is 0 Å².